The number of fused-ring (bicyclic) bond motifs is 1. The number of carbonyl (C=O) groups is 2. The first-order valence-electron chi connectivity index (χ1n) is 10.2. The highest BCUT2D eigenvalue weighted by molar-refractivity contribution is 6.00. The minimum atomic E-state index is -0.0766. The lowest BCUT2D eigenvalue weighted by Crippen LogP contribution is -2.39. The van der Waals surface area contributed by atoms with Crippen molar-refractivity contribution in [3.8, 4) is 5.75 Å². The Balaban J connectivity index is 1.40. The molecule has 30 heavy (non-hydrogen) atoms. The highest BCUT2D eigenvalue weighted by Crippen LogP contribution is 2.29. The number of H-pyrrole nitrogens is 1. The molecule has 0 unspecified atom stereocenters. The Kier molecular flexibility index (Phi) is 5.74. The van der Waals surface area contributed by atoms with Crippen LogP contribution in [0.4, 0.5) is 0 Å². The fourth-order valence-electron chi connectivity index (χ4n) is 4.05. The number of aromatic nitrogens is 4. The summed E-state index contributed by atoms with van der Waals surface area (Å²) in [5.41, 5.74) is 3.80. The van der Waals surface area contributed by atoms with Gasteiger partial charge in [-0.1, -0.05) is 11.6 Å². The third kappa shape index (κ3) is 4.03. The zero-order chi connectivity index (χ0) is 21.1. The van der Waals surface area contributed by atoms with Crippen molar-refractivity contribution in [1.82, 2.24) is 25.1 Å². The fourth-order valence-corrected chi connectivity index (χ4v) is 4.05. The monoisotopic (exact) mass is 407 g/mol. The van der Waals surface area contributed by atoms with E-state index in [9.17, 15) is 9.59 Å². The molecule has 0 radical (unpaired) electrons. The summed E-state index contributed by atoms with van der Waals surface area (Å²) in [5.74, 6) is 0.599. The lowest BCUT2D eigenvalue weighted by molar-refractivity contribution is -0.132. The van der Waals surface area contributed by atoms with Crippen molar-refractivity contribution in [2.45, 2.75) is 38.5 Å². The number of ketones is 1. The maximum Gasteiger partial charge on any atom is 0.223 e. The molecular weight excluding hydrogens is 382 g/mol. The molecule has 1 fully saturated rings. The molecule has 2 aromatic heterocycles. The number of ether oxygens (including phenoxy) is 1. The lowest BCUT2D eigenvalue weighted by Gasteiger charge is -2.32. The first kappa shape index (κ1) is 20.0. The fraction of sp³-hybridized carbons (Fsp3) is 0.409. The first-order chi connectivity index (χ1) is 14.6. The van der Waals surface area contributed by atoms with E-state index in [-0.39, 0.29) is 30.4 Å². The smallest absolute Gasteiger partial charge is 0.223 e. The molecule has 3 heterocycles. The van der Waals surface area contributed by atoms with Crippen molar-refractivity contribution in [3.63, 3.8) is 0 Å². The van der Waals surface area contributed by atoms with Crippen LogP contribution in [0.1, 0.15) is 53.2 Å². The number of hydrogen-bond acceptors (Lipinski definition) is 6. The van der Waals surface area contributed by atoms with E-state index in [1.165, 1.54) is 0 Å². The third-order valence-corrected chi connectivity index (χ3v) is 5.62. The number of Topliss-reactive ketones (excluding diaryl/α,β-unsaturated/α-hetero) is 1. The minimum Gasteiger partial charge on any atom is -0.496 e. The molecule has 156 valence electrons. The number of piperidine rings is 1. The largest absolute Gasteiger partial charge is 0.496 e. The molecule has 1 aliphatic rings. The number of likely N-dealkylation sites (tertiary alicyclic amines) is 1. The molecule has 1 amide bonds. The Morgan fingerprint density at radius 3 is 2.90 bits per heavy atom. The van der Waals surface area contributed by atoms with Crippen LogP contribution in [-0.2, 0) is 4.79 Å². The average molecular weight is 407 g/mol. The molecule has 1 aliphatic heterocycles. The van der Waals surface area contributed by atoms with Gasteiger partial charge in [-0.2, -0.15) is 5.10 Å². The Morgan fingerprint density at radius 2 is 2.07 bits per heavy atom. The van der Waals surface area contributed by atoms with Crippen molar-refractivity contribution in [2.75, 3.05) is 20.2 Å². The topological polar surface area (TPSA) is 101 Å². The predicted octanol–water partition coefficient (Wildman–Crippen LogP) is 3.04. The van der Waals surface area contributed by atoms with Gasteiger partial charge < -0.3 is 9.64 Å². The van der Waals surface area contributed by atoms with E-state index in [0.717, 1.165) is 29.6 Å². The van der Waals surface area contributed by atoms with Crippen LogP contribution in [0, 0.1) is 6.92 Å². The molecule has 0 saturated carbocycles. The van der Waals surface area contributed by atoms with Crippen LogP contribution in [0.15, 0.2) is 30.6 Å². The summed E-state index contributed by atoms with van der Waals surface area (Å²) in [6.45, 7) is 3.22. The summed E-state index contributed by atoms with van der Waals surface area (Å²) in [6.07, 6.45) is 5.47. The van der Waals surface area contributed by atoms with Crippen LogP contribution in [0.25, 0.3) is 11.2 Å². The van der Waals surface area contributed by atoms with Gasteiger partial charge >= 0.3 is 0 Å². The maximum atomic E-state index is 12.8. The van der Waals surface area contributed by atoms with Crippen LogP contribution in [0.3, 0.4) is 0 Å². The number of hydrogen-bond donors (Lipinski definition) is 1. The standard InChI is InChI=1S/C22H25N5O3/c1-14-5-7-18(30-2)16(12-14)17(28)6-8-19(29)27-11-3-4-15(13-27)20-21-22(26-25-20)24-10-9-23-21/h5,7,9-10,12,15H,3-4,6,8,11,13H2,1-2H3,(H,24,25,26)/t15-/m0/s1. The van der Waals surface area contributed by atoms with Crippen molar-refractivity contribution in [1.29, 1.82) is 0 Å². The second kappa shape index (κ2) is 8.61. The molecule has 8 heteroatoms. The van der Waals surface area contributed by atoms with E-state index >= 15 is 0 Å². The van der Waals surface area contributed by atoms with Crippen LogP contribution >= 0.6 is 0 Å². The number of rotatable bonds is 6. The zero-order valence-electron chi connectivity index (χ0n) is 17.2. The van der Waals surface area contributed by atoms with Gasteiger partial charge in [0.25, 0.3) is 0 Å². The van der Waals surface area contributed by atoms with E-state index in [4.69, 9.17) is 4.74 Å². The number of nitrogens with zero attached hydrogens (tertiary/aromatic N) is 4. The van der Waals surface area contributed by atoms with E-state index in [0.29, 0.717) is 30.0 Å². The number of aromatic amines is 1. The van der Waals surface area contributed by atoms with Gasteiger partial charge in [0.15, 0.2) is 11.4 Å². The van der Waals surface area contributed by atoms with Gasteiger partial charge in [-0.25, -0.2) is 9.97 Å². The predicted molar refractivity (Wildman–Crippen MR) is 112 cm³/mol. The SMILES string of the molecule is COc1ccc(C)cc1C(=O)CCC(=O)N1CCC[C@H](c2[nH]nc3nccnc23)C1. The Bertz CT molecular complexity index is 1080. The summed E-state index contributed by atoms with van der Waals surface area (Å²) in [4.78, 5) is 36.0. The Hall–Kier alpha value is -3.29. The van der Waals surface area contributed by atoms with Crippen molar-refractivity contribution < 1.29 is 14.3 Å². The number of amides is 1. The van der Waals surface area contributed by atoms with Crippen LogP contribution in [-0.4, -0.2) is 57.0 Å². The van der Waals surface area contributed by atoms with Crippen LogP contribution in [0.2, 0.25) is 0 Å². The number of nitrogens with one attached hydrogen (secondary N) is 1. The van der Waals surface area contributed by atoms with E-state index in [1.807, 2.05) is 24.0 Å². The molecule has 1 atom stereocenters. The van der Waals surface area contributed by atoms with Crippen LogP contribution in [0.5, 0.6) is 5.75 Å². The normalized spacial score (nSPS) is 16.6. The molecule has 1 saturated heterocycles. The molecular formula is C22H25N5O3. The molecule has 3 aromatic rings. The van der Waals surface area contributed by atoms with E-state index < -0.39 is 0 Å². The van der Waals surface area contributed by atoms with Gasteiger partial charge in [0.05, 0.1) is 18.4 Å². The second-order valence-electron chi connectivity index (χ2n) is 7.67. The van der Waals surface area contributed by atoms with Gasteiger partial charge in [-0.15, -0.1) is 0 Å². The quantitative estimate of drug-likeness (QED) is 0.630. The molecule has 0 aliphatic carbocycles. The summed E-state index contributed by atoms with van der Waals surface area (Å²) in [7, 11) is 1.55. The highest BCUT2D eigenvalue weighted by Gasteiger charge is 2.28. The van der Waals surface area contributed by atoms with E-state index in [2.05, 4.69) is 20.2 Å². The third-order valence-electron chi connectivity index (χ3n) is 5.62. The van der Waals surface area contributed by atoms with Gasteiger partial charge in [0.1, 0.15) is 11.3 Å². The molecule has 0 bridgehead atoms. The van der Waals surface area contributed by atoms with Crippen LogP contribution < -0.4 is 4.74 Å². The molecule has 4 rings (SSSR count). The zero-order valence-corrected chi connectivity index (χ0v) is 17.2. The van der Waals surface area contributed by atoms with E-state index in [1.54, 1.807) is 25.6 Å². The Morgan fingerprint density at radius 1 is 1.23 bits per heavy atom. The Labute approximate surface area is 174 Å². The number of aryl methyl sites for hydroxylation is 1. The second-order valence-corrected chi connectivity index (χ2v) is 7.67. The maximum absolute atomic E-state index is 12.8. The minimum absolute atomic E-state index is 0.00502. The number of methoxy groups -OCH3 is 1. The molecule has 1 aromatic carbocycles. The first-order valence-corrected chi connectivity index (χ1v) is 10.2. The summed E-state index contributed by atoms with van der Waals surface area (Å²) in [5, 5.41) is 7.27. The van der Waals surface area contributed by atoms with Crippen molar-refractivity contribution in [2.24, 2.45) is 0 Å². The molecule has 0 spiro atoms. The van der Waals surface area contributed by atoms with Gasteiger partial charge in [0, 0.05) is 44.2 Å². The number of carbonyl (C=O) groups excluding carboxylic acids is 2. The van der Waals surface area contributed by atoms with Gasteiger partial charge in [-0.05, 0) is 31.9 Å². The van der Waals surface area contributed by atoms with Crippen molar-refractivity contribution in [3.05, 3.63) is 47.4 Å². The average Bonchev–Trinajstić information content (AvgIpc) is 3.21. The summed E-state index contributed by atoms with van der Waals surface area (Å²) in [6, 6.07) is 5.50. The lowest BCUT2D eigenvalue weighted by atomic mass is 9.93. The molecule has 8 nitrogen and oxygen atoms in total. The van der Waals surface area contributed by atoms with Gasteiger partial charge in [0.2, 0.25) is 5.91 Å². The molecule has 1 N–H and O–H groups in total. The summed E-state index contributed by atoms with van der Waals surface area (Å²) >= 11 is 0. The number of benzene rings is 1. The van der Waals surface area contributed by atoms with Gasteiger partial charge in [-0.3, -0.25) is 14.7 Å². The highest BCUT2D eigenvalue weighted by atomic mass is 16.5. The van der Waals surface area contributed by atoms with Crippen molar-refractivity contribution >= 4 is 22.9 Å². The summed E-state index contributed by atoms with van der Waals surface area (Å²) < 4.78 is 5.30.